The summed E-state index contributed by atoms with van der Waals surface area (Å²) in [6.07, 6.45) is 10.7. The highest BCUT2D eigenvalue weighted by Crippen LogP contribution is 2.44. The lowest BCUT2D eigenvalue weighted by molar-refractivity contribution is -0.0431. The Balaban J connectivity index is 1.54. The van der Waals surface area contributed by atoms with Gasteiger partial charge >= 0.3 is 0 Å². The fraction of sp³-hybridized carbons (Fsp3) is 0.667. The zero-order chi connectivity index (χ0) is 14.7. The van der Waals surface area contributed by atoms with Gasteiger partial charge in [0.25, 0.3) is 0 Å². The lowest BCUT2D eigenvalue weighted by Crippen LogP contribution is -2.26. The average Bonchev–Trinajstić information content (AvgIpc) is 3.11. The highest BCUT2D eigenvalue weighted by Gasteiger charge is 2.42. The lowest BCUT2D eigenvalue weighted by Gasteiger charge is -2.25. The van der Waals surface area contributed by atoms with E-state index in [-0.39, 0.29) is 5.60 Å². The monoisotopic (exact) mass is 414 g/mol. The van der Waals surface area contributed by atoms with Crippen molar-refractivity contribution in [2.24, 2.45) is 5.92 Å². The first-order chi connectivity index (χ1) is 10.2. The van der Waals surface area contributed by atoms with Gasteiger partial charge in [-0.05, 0) is 62.1 Å². The molecular formula is C18H24Br2O. The van der Waals surface area contributed by atoms with E-state index in [9.17, 15) is 0 Å². The Hall–Kier alpha value is 0.140. The summed E-state index contributed by atoms with van der Waals surface area (Å²) in [6.45, 7) is 0. The van der Waals surface area contributed by atoms with Crippen LogP contribution in [0.5, 0.6) is 0 Å². The van der Waals surface area contributed by atoms with Crippen LogP contribution in [-0.4, -0.2) is 17.0 Å². The van der Waals surface area contributed by atoms with Gasteiger partial charge in [-0.2, -0.15) is 0 Å². The molecule has 1 aromatic rings. The maximum atomic E-state index is 6.47. The molecule has 0 radical (unpaired) electrons. The zero-order valence-corrected chi connectivity index (χ0v) is 15.7. The van der Waals surface area contributed by atoms with E-state index in [0.717, 1.165) is 16.2 Å². The van der Waals surface area contributed by atoms with Crippen molar-refractivity contribution in [3.05, 3.63) is 34.3 Å². The van der Waals surface area contributed by atoms with Crippen LogP contribution in [-0.2, 0) is 11.2 Å². The van der Waals surface area contributed by atoms with E-state index in [1.54, 1.807) is 0 Å². The van der Waals surface area contributed by atoms with E-state index in [4.69, 9.17) is 4.74 Å². The SMILES string of the molecule is BrCC(Cc1ccc(Br)cc1)CC1CCC2(CCCC2)O1. The number of halogens is 2. The van der Waals surface area contributed by atoms with Crippen molar-refractivity contribution in [2.45, 2.75) is 63.1 Å². The summed E-state index contributed by atoms with van der Waals surface area (Å²) in [6, 6.07) is 8.74. The van der Waals surface area contributed by atoms with Crippen LogP contribution < -0.4 is 0 Å². The van der Waals surface area contributed by atoms with Gasteiger partial charge in [-0.15, -0.1) is 0 Å². The van der Waals surface area contributed by atoms with Gasteiger partial charge in [0.2, 0.25) is 0 Å². The minimum atomic E-state index is 0.277. The van der Waals surface area contributed by atoms with Crippen molar-refractivity contribution >= 4 is 31.9 Å². The van der Waals surface area contributed by atoms with Gasteiger partial charge in [0, 0.05) is 9.80 Å². The molecular weight excluding hydrogens is 392 g/mol. The molecule has 0 aromatic heterocycles. The van der Waals surface area contributed by atoms with Crippen LogP contribution in [0.15, 0.2) is 28.7 Å². The Morgan fingerprint density at radius 1 is 1.14 bits per heavy atom. The molecule has 1 aliphatic carbocycles. The molecule has 1 saturated heterocycles. The number of hydrogen-bond donors (Lipinski definition) is 0. The third kappa shape index (κ3) is 4.11. The fourth-order valence-electron chi connectivity index (χ4n) is 3.98. The molecule has 3 heteroatoms. The molecule has 0 amide bonds. The molecule has 1 saturated carbocycles. The molecule has 116 valence electrons. The number of rotatable bonds is 5. The van der Waals surface area contributed by atoms with Crippen molar-refractivity contribution in [3.63, 3.8) is 0 Å². The molecule has 21 heavy (non-hydrogen) atoms. The van der Waals surface area contributed by atoms with Crippen LogP contribution in [0.2, 0.25) is 0 Å². The third-order valence-corrected chi connectivity index (χ3v) is 6.55. The topological polar surface area (TPSA) is 9.23 Å². The Morgan fingerprint density at radius 3 is 2.52 bits per heavy atom. The standard InChI is InChI=1S/C18H24Br2O/c19-13-15(11-14-3-5-16(20)6-4-14)12-17-7-10-18(21-17)8-1-2-9-18/h3-6,15,17H,1-2,7-13H2. The molecule has 2 atom stereocenters. The predicted octanol–water partition coefficient (Wildman–Crippen LogP) is 5.88. The molecule has 1 aliphatic heterocycles. The van der Waals surface area contributed by atoms with Crippen LogP contribution in [0.25, 0.3) is 0 Å². The summed E-state index contributed by atoms with van der Waals surface area (Å²) in [4.78, 5) is 0. The minimum Gasteiger partial charge on any atom is -0.372 e. The first-order valence-electron chi connectivity index (χ1n) is 8.17. The summed E-state index contributed by atoms with van der Waals surface area (Å²) in [5.41, 5.74) is 1.70. The summed E-state index contributed by atoms with van der Waals surface area (Å²) >= 11 is 7.21. The lowest BCUT2D eigenvalue weighted by atomic mass is 9.93. The molecule has 0 bridgehead atoms. The van der Waals surface area contributed by atoms with E-state index >= 15 is 0 Å². The first-order valence-corrected chi connectivity index (χ1v) is 10.1. The third-order valence-electron chi connectivity index (χ3n) is 5.11. The van der Waals surface area contributed by atoms with Gasteiger partial charge < -0.3 is 4.74 Å². The van der Waals surface area contributed by atoms with Gasteiger partial charge in [-0.1, -0.05) is 56.8 Å². The maximum Gasteiger partial charge on any atom is 0.0687 e. The van der Waals surface area contributed by atoms with Gasteiger partial charge in [-0.3, -0.25) is 0 Å². The van der Waals surface area contributed by atoms with Crippen molar-refractivity contribution in [1.29, 1.82) is 0 Å². The predicted molar refractivity (Wildman–Crippen MR) is 95.1 cm³/mol. The number of benzene rings is 1. The normalized spacial score (nSPS) is 25.5. The van der Waals surface area contributed by atoms with Crippen LogP contribution >= 0.6 is 31.9 Å². The van der Waals surface area contributed by atoms with Gasteiger partial charge in [0.15, 0.2) is 0 Å². The highest BCUT2D eigenvalue weighted by atomic mass is 79.9. The summed E-state index contributed by atoms with van der Waals surface area (Å²) < 4.78 is 7.63. The second-order valence-corrected chi connectivity index (χ2v) is 8.32. The Bertz CT molecular complexity index is 451. The molecule has 1 nitrogen and oxygen atoms in total. The number of alkyl halides is 1. The molecule has 2 aliphatic rings. The van der Waals surface area contributed by atoms with E-state index in [1.807, 2.05) is 0 Å². The minimum absolute atomic E-state index is 0.277. The van der Waals surface area contributed by atoms with Crippen molar-refractivity contribution in [1.82, 2.24) is 0 Å². The first kappa shape index (κ1) is 16.0. The highest BCUT2D eigenvalue weighted by molar-refractivity contribution is 9.10. The Labute approximate surface area is 145 Å². The van der Waals surface area contributed by atoms with E-state index in [0.29, 0.717) is 12.0 Å². The Kier molecular flexibility index (Phi) is 5.45. The molecule has 0 N–H and O–H groups in total. The summed E-state index contributed by atoms with van der Waals surface area (Å²) in [5, 5.41) is 1.07. The van der Waals surface area contributed by atoms with Crippen LogP contribution in [0.4, 0.5) is 0 Å². The molecule has 1 spiro atoms. The van der Waals surface area contributed by atoms with E-state index in [2.05, 4.69) is 56.1 Å². The summed E-state index contributed by atoms with van der Waals surface area (Å²) in [7, 11) is 0. The number of ether oxygens (including phenoxy) is 1. The molecule has 2 fully saturated rings. The van der Waals surface area contributed by atoms with E-state index in [1.165, 1.54) is 50.5 Å². The van der Waals surface area contributed by atoms with Gasteiger partial charge in [-0.25, -0.2) is 0 Å². The average molecular weight is 416 g/mol. The van der Waals surface area contributed by atoms with Crippen LogP contribution in [0.1, 0.15) is 50.5 Å². The zero-order valence-electron chi connectivity index (χ0n) is 12.5. The number of hydrogen-bond acceptors (Lipinski definition) is 1. The second kappa shape index (κ2) is 7.14. The fourth-order valence-corrected chi connectivity index (χ4v) is 4.73. The van der Waals surface area contributed by atoms with Crippen molar-refractivity contribution in [3.8, 4) is 0 Å². The molecule has 2 unspecified atom stereocenters. The largest absolute Gasteiger partial charge is 0.372 e. The molecule has 3 rings (SSSR count). The molecule has 1 aromatic carbocycles. The maximum absolute atomic E-state index is 6.47. The second-order valence-electron chi connectivity index (χ2n) is 6.76. The van der Waals surface area contributed by atoms with Gasteiger partial charge in [0.05, 0.1) is 11.7 Å². The van der Waals surface area contributed by atoms with Gasteiger partial charge in [0.1, 0.15) is 0 Å². The van der Waals surface area contributed by atoms with Crippen LogP contribution in [0, 0.1) is 5.92 Å². The summed E-state index contributed by atoms with van der Waals surface area (Å²) in [5.74, 6) is 0.674. The molecule has 1 heterocycles. The quantitative estimate of drug-likeness (QED) is 0.545. The van der Waals surface area contributed by atoms with Crippen molar-refractivity contribution < 1.29 is 4.74 Å². The smallest absolute Gasteiger partial charge is 0.0687 e. The van der Waals surface area contributed by atoms with E-state index < -0.39 is 0 Å². The van der Waals surface area contributed by atoms with Crippen LogP contribution in [0.3, 0.4) is 0 Å². The van der Waals surface area contributed by atoms with Crippen molar-refractivity contribution in [2.75, 3.05) is 5.33 Å². The Morgan fingerprint density at radius 2 is 1.86 bits per heavy atom.